The first-order valence-electron chi connectivity index (χ1n) is 6.93. The summed E-state index contributed by atoms with van der Waals surface area (Å²) in [5.74, 6) is 0.327. The number of nitrogens with one attached hydrogen (secondary N) is 1. The lowest BCUT2D eigenvalue weighted by molar-refractivity contribution is -0.0102. The highest BCUT2D eigenvalue weighted by atomic mass is 32.1. The van der Waals surface area contributed by atoms with Crippen LogP contribution in [0.3, 0.4) is 0 Å². The Hall–Kier alpha value is -0.970. The molecule has 0 bridgehead atoms. The summed E-state index contributed by atoms with van der Waals surface area (Å²) in [6, 6.07) is 8.17. The van der Waals surface area contributed by atoms with Gasteiger partial charge in [0.25, 0.3) is 0 Å². The van der Waals surface area contributed by atoms with Crippen LogP contribution in [0, 0.1) is 5.92 Å². The van der Waals surface area contributed by atoms with Crippen molar-refractivity contribution in [2.45, 2.75) is 31.8 Å². The number of hydrogen-bond donors (Lipinski definition) is 2. The highest BCUT2D eigenvalue weighted by Gasteiger charge is 2.33. The second-order valence-corrected chi connectivity index (χ2v) is 6.77. The molecule has 2 atom stereocenters. The van der Waals surface area contributed by atoms with Gasteiger partial charge in [-0.25, -0.2) is 4.98 Å². The summed E-state index contributed by atoms with van der Waals surface area (Å²) in [7, 11) is 0. The van der Waals surface area contributed by atoms with Gasteiger partial charge in [-0.05, 0) is 38.4 Å². The zero-order valence-corrected chi connectivity index (χ0v) is 12.0. The topological polar surface area (TPSA) is 45.2 Å². The lowest BCUT2D eigenvalue weighted by atomic mass is 9.81. The van der Waals surface area contributed by atoms with Crippen LogP contribution in [0.5, 0.6) is 0 Å². The van der Waals surface area contributed by atoms with Crippen LogP contribution < -0.4 is 5.32 Å². The third-order valence-electron chi connectivity index (χ3n) is 4.02. The molecule has 0 amide bonds. The minimum absolute atomic E-state index is 0.327. The van der Waals surface area contributed by atoms with Crippen molar-refractivity contribution in [1.29, 1.82) is 0 Å². The maximum absolute atomic E-state index is 10.7. The highest BCUT2D eigenvalue weighted by Crippen LogP contribution is 2.30. The van der Waals surface area contributed by atoms with E-state index < -0.39 is 5.60 Å². The van der Waals surface area contributed by atoms with E-state index in [2.05, 4.69) is 16.4 Å². The minimum atomic E-state index is -0.665. The van der Waals surface area contributed by atoms with E-state index in [-0.39, 0.29) is 0 Å². The Balaban J connectivity index is 1.78. The summed E-state index contributed by atoms with van der Waals surface area (Å²) in [4.78, 5) is 4.63. The van der Waals surface area contributed by atoms with E-state index in [1.807, 2.05) is 25.1 Å². The van der Waals surface area contributed by atoms with Gasteiger partial charge in [-0.2, -0.15) is 0 Å². The predicted octanol–water partition coefficient (Wildman–Crippen LogP) is 2.59. The summed E-state index contributed by atoms with van der Waals surface area (Å²) < 4.78 is 1.20. The van der Waals surface area contributed by atoms with Crippen LogP contribution in [0.1, 0.15) is 24.8 Å². The van der Waals surface area contributed by atoms with E-state index in [0.717, 1.165) is 36.5 Å². The monoisotopic (exact) mass is 276 g/mol. The largest absolute Gasteiger partial charge is 0.389 e. The van der Waals surface area contributed by atoms with Gasteiger partial charge in [0, 0.05) is 18.9 Å². The van der Waals surface area contributed by atoms with Crippen LogP contribution >= 0.6 is 11.3 Å². The molecular formula is C15H20N2OS. The Bertz CT molecular complexity index is 525. The van der Waals surface area contributed by atoms with Gasteiger partial charge in [-0.15, -0.1) is 11.3 Å². The fourth-order valence-electron chi connectivity index (χ4n) is 2.83. The molecule has 0 spiro atoms. The fourth-order valence-corrected chi connectivity index (χ4v) is 3.96. The molecule has 0 saturated carbocycles. The Morgan fingerprint density at radius 1 is 1.47 bits per heavy atom. The van der Waals surface area contributed by atoms with Crippen molar-refractivity contribution in [2.24, 2.45) is 5.92 Å². The molecule has 1 aromatic heterocycles. The molecule has 3 nitrogen and oxygen atoms in total. The molecule has 1 saturated heterocycles. The van der Waals surface area contributed by atoms with Crippen LogP contribution in [0.15, 0.2) is 24.3 Å². The van der Waals surface area contributed by atoms with E-state index in [4.69, 9.17) is 0 Å². The van der Waals surface area contributed by atoms with Gasteiger partial charge in [0.05, 0.1) is 20.8 Å². The summed E-state index contributed by atoms with van der Waals surface area (Å²) in [5, 5.41) is 15.2. The number of aromatic nitrogens is 1. The Kier molecular flexibility index (Phi) is 3.56. The normalized spacial score (nSPS) is 23.4. The van der Waals surface area contributed by atoms with Crippen LogP contribution in [-0.2, 0) is 6.42 Å². The van der Waals surface area contributed by atoms with Crippen molar-refractivity contribution in [1.82, 2.24) is 10.3 Å². The lowest BCUT2D eigenvalue weighted by Crippen LogP contribution is -2.45. The maximum Gasteiger partial charge on any atom is 0.0967 e. The SMILES string of the molecule is CC(O)(Cc1nc2ccccc2s1)C1CCCNC1. The Morgan fingerprint density at radius 3 is 3.05 bits per heavy atom. The fraction of sp³-hybridized carbons (Fsp3) is 0.533. The molecule has 19 heavy (non-hydrogen) atoms. The molecule has 1 aliphatic rings. The smallest absolute Gasteiger partial charge is 0.0967 e. The van der Waals surface area contributed by atoms with Crippen molar-refractivity contribution in [2.75, 3.05) is 13.1 Å². The number of hydrogen-bond acceptors (Lipinski definition) is 4. The van der Waals surface area contributed by atoms with Crippen molar-refractivity contribution in [3.05, 3.63) is 29.3 Å². The molecule has 2 aromatic rings. The summed E-state index contributed by atoms with van der Waals surface area (Å²) in [6.07, 6.45) is 2.91. The van der Waals surface area contributed by atoms with Gasteiger partial charge in [-0.1, -0.05) is 12.1 Å². The molecule has 4 heteroatoms. The van der Waals surface area contributed by atoms with Gasteiger partial charge < -0.3 is 10.4 Å². The predicted molar refractivity (Wildman–Crippen MR) is 79.5 cm³/mol. The summed E-state index contributed by atoms with van der Waals surface area (Å²) >= 11 is 1.70. The minimum Gasteiger partial charge on any atom is -0.389 e. The summed E-state index contributed by atoms with van der Waals surface area (Å²) in [5.41, 5.74) is 0.376. The lowest BCUT2D eigenvalue weighted by Gasteiger charge is -2.35. The third kappa shape index (κ3) is 2.81. The van der Waals surface area contributed by atoms with E-state index in [1.165, 1.54) is 4.70 Å². The second kappa shape index (κ2) is 5.19. The van der Waals surface area contributed by atoms with Gasteiger partial charge in [-0.3, -0.25) is 0 Å². The van der Waals surface area contributed by atoms with Crippen LogP contribution in [-0.4, -0.2) is 28.8 Å². The molecule has 1 aliphatic heterocycles. The number of para-hydroxylation sites is 1. The molecule has 2 N–H and O–H groups in total. The van der Waals surface area contributed by atoms with Crippen molar-refractivity contribution >= 4 is 21.6 Å². The average molecular weight is 276 g/mol. The molecule has 2 heterocycles. The molecular weight excluding hydrogens is 256 g/mol. The number of thiazole rings is 1. The molecule has 3 rings (SSSR count). The number of fused-ring (bicyclic) bond motifs is 1. The Morgan fingerprint density at radius 2 is 2.32 bits per heavy atom. The average Bonchev–Trinajstić information content (AvgIpc) is 2.81. The quantitative estimate of drug-likeness (QED) is 0.905. The molecule has 1 aromatic carbocycles. The number of rotatable bonds is 3. The summed E-state index contributed by atoms with van der Waals surface area (Å²) in [6.45, 7) is 3.95. The van der Waals surface area contributed by atoms with Crippen molar-refractivity contribution < 1.29 is 5.11 Å². The highest BCUT2D eigenvalue weighted by molar-refractivity contribution is 7.18. The second-order valence-electron chi connectivity index (χ2n) is 5.65. The van der Waals surface area contributed by atoms with Crippen LogP contribution in [0.25, 0.3) is 10.2 Å². The number of benzene rings is 1. The number of nitrogens with zero attached hydrogens (tertiary/aromatic N) is 1. The third-order valence-corrected chi connectivity index (χ3v) is 5.06. The standard InChI is InChI=1S/C15H20N2OS/c1-15(18,11-5-4-8-16-10-11)9-14-17-12-6-2-3-7-13(12)19-14/h2-3,6-7,11,16,18H,4-5,8-10H2,1H3. The first kappa shape index (κ1) is 13.0. The van der Waals surface area contributed by atoms with E-state index >= 15 is 0 Å². The van der Waals surface area contributed by atoms with Gasteiger partial charge in [0.1, 0.15) is 0 Å². The van der Waals surface area contributed by atoms with Gasteiger partial charge in [0.2, 0.25) is 0 Å². The molecule has 2 unspecified atom stereocenters. The van der Waals surface area contributed by atoms with Gasteiger partial charge >= 0.3 is 0 Å². The first-order valence-corrected chi connectivity index (χ1v) is 7.74. The van der Waals surface area contributed by atoms with E-state index in [9.17, 15) is 5.11 Å². The van der Waals surface area contributed by atoms with Crippen LogP contribution in [0.4, 0.5) is 0 Å². The van der Waals surface area contributed by atoms with E-state index in [0.29, 0.717) is 12.3 Å². The maximum atomic E-state index is 10.7. The molecule has 0 aliphatic carbocycles. The van der Waals surface area contributed by atoms with E-state index in [1.54, 1.807) is 11.3 Å². The molecule has 102 valence electrons. The Labute approximate surface area is 117 Å². The van der Waals surface area contributed by atoms with Crippen molar-refractivity contribution in [3.63, 3.8) is 0 Å². The molecule has 1 fully saturated rings. The zero-order chi connectivity index (χ0) is 13.3. The van der Waals surface area contributed by atoms with Crippen molar-refractivity contribution in [3.8, 4) is 0 Å². The number of aliphatic hydroxyl groups is 1. The molecule has 0 radical (unpaired) electrons. The number of piperidine rings is 1. The van der Waals surface area contributed by atoms with Gasteiger partial charge in [0.15, 0.2) is 0 Å². The zero-order valence-electron chi connectivity index (χ0n) is 11.2. The van der Waals surface area contributed by atoms with Crippen LogP contribution in [0.2, 0.25) is 0 Å². The first-order chi connectivity index (χ1) is 9.15.